The van der Waals surface area contributed by atoms with Crippen LogP contribution in [0.1, 0.15) is 12.0 Å². The number of anilines is 5. The van der Waals surface area contributed by atoms with Crippen LogP contribution >= 0.6 is 0 Å². The van der Waals surface area contributed by atoms with Crippen molar-refractivity contribution in [1.82, 2.24) is 0 Å². The van der Waals surface area contributed by atoms with Gasteiger partial charge in [-0.2, -0.15) is 0 Å². The van der Waals surface area contributed by atoms with Crippen LogP contribution in [0.3, 0.4) is 0 Å². The fourth-order valence-corrected chi connectivity index (χ4v) is 7.62. The zero-order chi connectivity index (χ0) is 34.7. The van der Waals surface area contributed by atoms with Crippen LogP contribution in [0.5, 0.6) is 0 Å². The van der Waals surface area contributed by atoms with Gasteiger partial charge in [0.15, 0.2) is 0 Å². The molecule has 0 aromatic heterocycles. The minimum absolute atomic E-state index is 0.196. The molecule has 0 saturated carbocycles. The molecule has 0 bridgehead atoms. The van der Waals surface area contributed by atoms with Crippen LogP contribution in [0.2, 0.25) is 0 Å². The molecule has 0 radical (unpaired) electrons. The highest BCUT2D eigenvalue weighted by Crippen LogP contribution is 2.40. The maximum atomic E-state index is 2.49. The standard InChI is InChI=1S/C50H38N2/c1-3-20-43(21-4-1)51(49-26-12-16-39-14-7-9-24-47(39)49)45-32-28-37(29-33-45)41-18-11-19-42(36-41)38-30-34-46(35-31-38)52(44-22-5-2-6-23-44)50-27-13-17-40-15-8-10-25-48(40)50/h1-34,36,46H,35H2. The lowest BCUT2D eigenvalue weighted by atomic mass is 9.93. The van der Waals surface area contributed by atoms with Crippen LogP contribution in [0.4, 0.5) is 28.4 Å². The smallest absolute Gasteiger partial charge is 0.0560 e. The molecule has 52 heavy (non-hydrogen) atoms. The van der Waals surface area contributed by atoms with E-state index in [9.17, 15) is 0 Å². The highest BCUT2D eigenvalue weighted by molar-refractivity contribution is 5.99. The van der Waals surface area contributed by atoms with Crippen molar-refractivity contribution >= 4 is 55.6 Å². The van der Waals surface area contributed by atoms with Crippen molar-refractivity contribution < 1.29 is 0 Å². The zero-order valence-electron chi connectivity index (χ0n) is 28.9. The Morgan fingerprint density at radius 3 is 1.62 bits per heavy atom. The number of para-hydroxylation sites is 2. The van der Waals surface area contributed by atoms with Gasteiger partial charge in [0.2, 0.25) is 0 Å². The van der Waals surface area contributed by atoms with Crippen molar-refractivity contribution in [3.63, 3.8) is 0 Å². The first-order valence-electron chi connectivity index (χ1n) is 18.0. The Morgan fingerprint density at radius 1 is 0.404 bits per heavy atom. The van der Waals surface area contributed by atoms with E-state index in [0.29, 0.717) is 0 Å². The van der Waals surface area contributed by atoms with E-state index in [-0.39, 0.29) is 6.04 Å². The first-order valence-corrected chi connectivity index (χ1v) is 18.0. The molecule has 248 valence electrons. The number of benzene rings is 8. The van der Waals surface area contributed by atoms with Crippen molar-refractivity contribution in [2.24, 2.45) is 0 Å². The third kappa shape index (κ3) is 6.05. The van der Waals surface area contributed by atoms with Gasteiger partial charge in [-0.25, -0.2) is 0 Å². The van der Waals surface area contributed by atoms with E-state index < -0.39 is 0 Å². The van der Waals surface area contributed by atoms with Crippen LogP contribution in [-0.2, 0) is 0 Å². The summed E-state index contributed by atoms with van der Waals surface area (Å²) >= 11 is 0. The van der Waals surface area contributed by atoms with Gasteiger partial charge in [0, 0.05) is 33.5 Å². The molecule has 0 amide bonds. The van der Waals surface area contributed by atoms with Crippen LogP contribution in [0, 0.1) is 0 Å². The summed E-state index contributed by atoms with van der Waals surface area (Å²) in [5.74, 6) is 0. The molecule has 9 rings (SSSR count). The van der Waals surface area contributed by atoms with E-state index in [1.54, 1.807) is 0 Å². The highest BCUT2D eigenvalue weighted by Gasteiger charge is 2.22. The summed E-state index contributed by atoms with van der Waals surface area (Å²) in [5.41, 5.74) is 10.7. The molecule has 0 heterocycles. The summed E-state index contributed by atoms with van der Waals surface area (Å²) in [6.07, 6.45) is 7.98. The fourth-order valence-electron chi connectivity index (χ4n) is 7.62. The van der Waals surface area contributed by atoms with Crippen molar-refractivity contribution in [3.05, 3.63) is 218 Å². The van der Waals surface area contributed by atoms with Gasteiger partial charge >= 0.3 is 0 Å². The summed E-state index contributed by atoms with van der Waals surface area (Å²) in [6, 6.07) is 70.0. The average Bonchev–Trinajstić information content (AvgIpc) is 3.23. The second kappa shape index (κ2) is 13.9. The lowest BCUT2D eigenvalue weighted by molar-refractivity contribution is 0.789. The predicted molar refractivity (Wildman–Crippen MR) is 222 cm³/mol. The van der Waals surface area contributed by atoms with Crippen molar-refractivity contribution in [3.8, 4) is 11.1 Å². The maximum Gasteiger partial charge on any atom is 0.0560 e. The lowest BCUT2D eigenvalue weighted by Crippen LogP contribution is -2.30. The lowest BCUT2D eigenvalue weighted by Gasteiger charge is -2.34. The molecule has 0 N–H and O–H groups in total. The summed E-state index contributed by atoms with van der Waals surface area (Å²) in [4.78, 5) is 4.84. The van der Waals surface area contributed by atoms with E-state index in [0.717, 1.165) is 17.8 Å². The molecular formula is C50H38N2. The summed E-state index contributed by atoms with van der Waals surface area (Å²) in [5, 5.41) is 4.97. The van der Waals surface area contributed by atoms with Gasteiger partial charge in [-0.15, -0.1) is 0 Å². The third-order valence-electron chi connectivity index (χ3n) is 10.1. The van der Waals surface area contributed by atoms with Crippen LogP contribution in [0.15, 0.2) is 212 Å². The van der Waals surface area contributed by atoms with Gasteiger partial charge in [-0.05, 0) is 94.1 Å². The van der Waals surface area contributed by atoms with Crippen LogP contribution < -0.4 is 9.80 Å². The number of nitrogens with zero attached hydrogens (tertiary/aromatic N) is 2. The Balaban J connectivity index is 1.01. The van der Waals surface area contributed by atoms with E-state index in [2.05, 4.69) is 222 Å². The van der Waals surface area contributed by atoms with E-state index in [1.807, 2.05) is 0 Å². The average molecular weight is 667 g/mol. The summed E-state index contributed by atoms with van der Waals surface area (Å²) in [7, 11) is 0. The second-order valence-electron chi connectivity index (χ2n) is 13.3. The van der Waals surface area contributed by atoms with E-state index in [4.69, 9.17) is 0 Å². The molecule has 0 aliphatic heterocycles. The quantitative estimate of drug-likeness (QED) is 0.159. The SMILES string of the molecule is C1=CC(N(c2ccccc2)c2cccc3ccccc23)CC=C1c1cccc(-c2ccc(N(c3ccccc3)c3cccc4ccccc34)cc2)c1. The Labute approximate surface area is 305 Å². The normalized spacial score (nSPS) is 13.9. The van der Waals surface area contributed by atoms with Crippen molar-refractivity contribution in [1.29, 1.82) is 0 Å². The molecule has 1 atom stereocenters. The molecule has 8 aromatic rings. The Hall–Kier alpha value is -6.64. The van der Waals surface area contributed by atoms with Gasteiger partial charge < -0.3 is 9.80 Å². The molecule has 8 aromatic carbocycles. The first kappa shape index (κ1) is 31.3. The number of fused-ring (bicyclic) bond motifs is 2. The largest absolute Gasteiger partial charge is 0.334 e. The van der Waals surface area contributed by atoms with Crippen LogP contribution in [-0.4, -0.2) is 6.04 Å². The zero-order valence-corrected chi connectivity index (χ0v) is 28.9. The highest BCUT2D eigenvalue weighted by atomic mass is 15.2. The Bertz CT molecular complexity index is 2540. The molecule has 0 fully saturated rings. The summed E-state index contributed by atoms with van der Waals surface area (Å²) in [6.45, 7) is 0. The predicted octanol–water partition coefficient (Wildman–Crippen LogP) is 13.7. The van der Waals surface area contributed by atoms with Gasteiger partial charge in [0.25, 0.3) is 0 Å². The van der Waals surface area contributed by atoms with E-state index in [1.165, 1.54) is 60.9 Å². The van der Waals surface area contributed by atoms with Crippen molar-refractivity contribution in [2.75, 3.05) is 9.80 Å². The second-order valence-corrected chi connectivity index (χ2v) is 13.3. The molecular weight excluding hydrogens is 629 g/mol. The Morgan fingerprint density at radius 2 is 0.942 bits per heavy atom. The summed E-state index contributed by atoms with van der Waals surface area (Å²) < 4.78 is 0. The minimum atomic E-state index is 0.196. The Kier molecular flexibility index (Phi) is 8.40. The first-order chi connectivity index (χ1) is 25.8. The molecule has 0 saturated heterocycles. The molecule has 0 spiro atoms. The minimum Gasteiger partial charge on any atom is -0.334 e. The number of allylic oxidation sites excluding steroid dienone is 2. The molecule has 1 aliphatic rings. The third-order valence-corrected chi connectivity index (χ3v) is 10.1. The van der Waals surface area contributed by atoms with Crippen molar-refractivity contribution in [2.45, 2.75) is 12.5 Å². The number of hydrogen-bond acceptors (Lipinski definition) is 2. The monoisotopic (exact) mass is 666 g/mol. The van der Waals surface area contributed by atoms with Crippen LogP contribution in [0.25, 0.3) is 38.2 Å². The molecule has 2 heteroatoms. The fraction of sp³-hybridized carbons (Fsp3) is 0.0400. The van der Waals surface area contributed by atoms with E-state index >= 15 is 0 Å². The number of rotatable bonds is 8. The van der Waals surface area contributed by atoms with Gasteiger partial charge in [0.05, 0.1) is 11.7 Å². The van der Waals surface area contributed by atoms with Gasteiger partial charge in [0.1, 0.15) is 0 Å². The number of hydrogen-bond donors (Lipinski definition) is 0. The molecule has 1 aliphatic carbocycles. The van der Waals surface area contributed by atoms with Gasteiger partial charge in [-0.3, -0.25) is 0 Å². The topological polar surface area (TPSA) is 6.48 Å². The maximum absolute atomic E-state index is 2.49. The molecule has 1 unspecified atom stereocenters. The molecule has 2 nitrogen and oxygen atoms in total. The van der Waals surface area contributed by atoms with Gasteiger partial charge in [-0.1, -0.05) is 158 Å².